The van der Waals surface area contributed by atoms with Gasteiger partial charge in [-0.05, 0) is 13.8 Å². The minimum absolute atomic E-state index is 0.0141. The molecule has 5 nitrogen and oxygen atoms in total. The molecule has 1 saturated carbocycles. The van der Waals surface area contributed by atoms with E-state index in [1.165, 1.54) is 29.0 Å². The molecule has 164 valence electrons. The van der Waals surface area contributed by atoms with Crippen LogP contribution < -0.4 is 10.9 Å². The molecule has 0 saturated heterocycles. The Labute approximate surface area is 173 Å². The molecule has 1 atom stereocenters. The fraction of sp³-hybridized carbons (Fsp3) is 0.381. The first kappa shape index (κ1) is 21.2. The van der Waals surface area contributed by atoms with E-state index >= 15 is 0 Å². The van der Waals surface area contributed by atoms with Crippen molar-refractivity contribution in [3.05, 3.63) is 63.5 Å². The van der Waals surface area contributed by atoms with Crippen molar-refractivity contribution in [2.45, 2.75) is 51.1 Å². The maximum atomic E-state index is 14.5. The van der Waals surface area contributed by atoms with E-state index in [9.17, 15) is 26.7 Å². The van der Waals surface area contributed by atoms with E-state index in [2.05, 4.69) is 15.5 Å². The molecule has 1 aromatic carbocycles. The average molecular weight is 438 g/mol. The van der Waals surface area contributed by atoms with Gasteiger partial charge in [0, 0.05) is 47.5 Å². The van der Waals surface area contributed by atoms with Crippen LogP contribution >= 0.6 is 0 Å². The van der Waals surface area contributed by atoms with Crippen LogP contribution in [-0.2, 0) is 0 Å². The molecule has 4 rings (SSSR count). The summed E-state index contributed by atoms with van der Waals surface area (Å²) in [4.78, 5) is 12.5. The zero-order valence-electron chi connectivity index (χ0n) is 16.7. The molecule has 10 heteroatoms. The van der Waals surface area contributed by atoms with Crippen LogP contribution in [0.3, 0.4) is 0 Å². The molecule has 2 heterocycles. The Morgan fingerprint density at radius 2 is 1.84 bits per heavy atom. The number of fused-ring (bicyclic) bond motifs is 1. The van der Waals surface area contributed by atoms with Crippen LogP contribution in [0.4, 0.5) is 27.8 Å². The van der Waals surface area contributed by atoms with Crippen LogP contribution in [-0.4, -0.2) is 20.7 Å². The molecule has 31 heavy (non-hydrogen) atoms. The highest BCUT2D eigenvalue weighted by Crippen LogP contribution is 2.45. The Hall–Kier alpha value is -3.04. The number of nitrogens with zero attached hydrogens (tertiary/aromatic N) is 3. The summed E-state index contributed by atoms with van der Waals surface area (Å²) >= 11 is 0. The van der Waals surface area contributed by atoms with Crippen LogP contribution in [0, 0.1) is 12.7 Å². The third-order valence-electron chi connectivity index (χ3n) is 5.60. The first-order valence-corrected chi connectivity index (χ1v) is 9.67. The molecular formula is C21H19F5N4O. The molecule has 0 aliphatic heterocycles. The van der Waals surface area contributed by atoms with Gasteiger partial charge >= 0.3 is 0 Å². The van der Waals surface area contributed by atoms with Crippen LogP contribution in [0.15, 0.2) is 35.3 Å². The molecule has 3 aromatic rings. The van der Waals surface area contributed by atoms with Gasteiger partial charge in [0.2, 0.25) is 0 Å². The third-order valence-corrected chi connectivity index (χ3v) is 5.60. The lowest BCUT2D eigenvalue weighted by molar-refractivity contribution is -0.104. The van der Waals surface area contributed by atoms with E-state index in [1.807, 2.05) is 0 Å². The summed E-state index contributed by atoms with van der Waals surface area (Å²) < 4.78 is 68.5. The minimum Gasteiger partial charge on any atom is -0.361 e. The number of pyridine rings is 1. The van der Waals surface area contributed by atoms with Crippen LogP contribution in [0.5, 0.6) is 0 Å². The van der Waals surface area contributed by atoms with Crippen molar-refractivity contribution in [3.8, 4) is 0 Å². The lowest BCUT2D eigenvalue weighted by Crippen LogP contribution is -2.40. The highest BCUT2D eigenvalue weighted by atomic mass is 19.3. The number of benzene rings is 1. The molecule has 0 spiro atoms. The summed E-state index contributed by atoms with van der Waals surface area (Å²) in [5.41, 5.74) is -0.660. The number of halogens is 5. The van der Waals surface area contributed by atoms with Gasteiger partial charge in [-0.2, -0.15) is 5.10 Å². The van der Waals surface area contributed by atoms with Crippen molar-refractivity contribution in [3.63, 3.8) is 0 Å². The van der Waals surface area contributed by atoms with Gasteiger partial charge in [-0.3, -0.25) is 4.79 Å². The normalized spacial score (nSPS) is 17.0. The number of hydrogen-bond donors (Lipinski definition) is 1. The molecular weight excluding hydrogens is 419 g/mol. The van der Waals surface area contributed by atoms with Gasteiger partial charge in [0.25, 0.3) is 17.9 Å². The highest BCUT2D eigenvalue weighted by molar-refractivity contribution is 5.92. The van der Waals surface area contributed by atoms with Crippen LogP contribution in [0.1, 0.15) is 55.1 Å². The fourth-order valence-electron chi connectivity index (χ4n) is 3.84. The zero-order valence-corrected chi connectivity index (χ0v) is 16.7. The van der Waals surface area contributed by atoms with Crippen molar-refractivity contribution in [1.29, 1.82) is 0 Å². The van der Waals surface area contributed by atoms with E-state index in [4.69, 9.17) is 0 Å². The SMILES string of the molecule is Cc1nnc(N[C@H](C)c2cccc(C(F)F)c2F)c2cn(C3CC(F)(F)C3)c(=O)cc12. The summed E-state index contributed by atoms with van der Waals surface area (Å²) in [6.07, 6.45) is -2.37. The number of aryl methyl sites for hydroxylation is 1. The quantitative estimate of drug-likeness (QED) is 0.548. The molecule has 1 N–H and O–H groups in total. The molecule has 1 fully saturated rings. The third kappa shape index (κ3) is 3.86. The number of nitrogens with one attached hydrogen (secondary N) is 1. The Bertz CT molecular complexity index is 1200. The van der Waals surface area contributed by atoms with Crippen molar-refractivity contribution in [1.82, 2.24) is 14.8 Å². The van der Waals surface area contributed by atoms with Crippen LogP contribution in [0.2, 0.25) is 0 Å². The Kier molecular flexibility index (Phi) is 5.18. The second-order valence-electron chi connectivity index (χ2n) is 7.82. The Morgan fingerprint density at radius 3 is 2.48 bits per heavy atom. The van der Waals surface area contributed by atoms with Gasteiger partial charge in [-0.15, -0.1) is 5.10 Å². The fourth-order valence-corrected chi connectivity index (χ4v) is 3.84. The van der Waals surface area contributed by atoms with Crippen LogP contribution in [0.25, 0.3) is 10.8 Å². The Morgan fingerprint density at radius 1 is 1.16 bits per heavy atom. The predicted molar refractivity (Wildman–Crippen MR) is 105 cm³/mol. The van der Waals surface area contributed by atoms with Gasteiger partial charge in [-0.25, -0.2) is 22.0 Å². The van der Waals surface area contributed by atoms with E-state index in [1.54, 1.807) is 13.8 Å². The van der Waals surface area contributed by atoms with Crippen molar-refractivity contribution in [2.24, 2.45) is 0 Å². The standard InChI is InChI=1S/C21H19F5N4O/c1-10(13-4-3-5-14(18(13)22)19(23)24)27-20-16-9-30(12-7-21(25,26)8-12)17(31)6-15(16)11(2)28-29-20/h3-6,9-10,12,19H,7-8H2,1-2H3,(H,27,29)/t10-/m1/s1. The second-order valence-corrected chi connectivity index (χ2v) is 7.82. The zero-order chi connectivity index (χ0) is 22.5. The summed E-state index contributed by atoms with van der Waals surface area (Å²) in [6.45, 7) is 3.22. The van der Waals surface area contributed by atoms with Crippen molar-refractivity contribution >= 4 is 16.6 Å². The maximum absolute atomic E-state index is 14.5. The monoisotopic (exact) mass is 438 g/mol. The van der Waals surface area contributed by atoms with Crippen molar-refractivity contribution < 1.29 is 22.0 Å². The highest BCUT2D eigenvalue weighted by Gasteiger charge is 2.46. The number of aromatic nitrogens is 3. The van der Waals surface area contributed by atoms with Gasteiger partial charge in [-0.1, -0.05) is 18.2 Å². The first-order valence-electron chi connectivity index (χ1n) is 9.67. The van der Waals surface area contributed by atoms with Crippen molar-refractivity contribution in [2.75, 3.05) is 5.32 Å². The molecule has 0 bridgehead atoms. The summed E-state index contributed by atoms with van der Waals surface area (Å²) in [5.74, 6) is -3.63. The lowest BCUT2D eigenvalue weighted by atomic mass is 9.88. The van der Waals surface area contributed by atoms with Gasteiger partial charge < -0.3 is 9.88 Å². The molecule has 0 radical (unpaired) electrons. The molecule has 1 aliphatic carbocycles. The van der Waals surface area contributed by atoms with E-state index in [0.717, 1.165) is 6.07 Å². The van der Waals surface area contributed by atoms with Gasteiger partial charge in [0.1, 0.15) is 5.82 Å². The predicted octanol–water partition coefficient (Wildman–Crippen LogP) is 5.32. The maximum Gasteiger partial charge on any atom is 0.266 e. The number of rotatable bonds is 5. The lowest BCUT2D eigenvalue weighted by Gasteiger charge is -2.36. The smallest absolute Gasteiger partial charge is 0.266 e. The minimum atomic E-state index is -2.96. The Balaban J connectivity index is 1.73. The number of hydrogen-bond acceptors (Lipinski definition) is 4. The number of alkyl halides is 4. The topological polar surface area (TPSA) is 59.8 Å². The number of anilines is 1. The second kappa shape index (κ2) is 7.58. The average Bonchev–Trinajstić information content (AvgIpc) is 2.68. The molecule has 1 aliphatic rings. The molecule has 2 aromatic heterocycles. The van der Waals surface area contributed by atoms with Gasteiger partial charge in [0.15, 0.2) is 5.82 Å². The summed E-state index contributed by atoms with van der Waals surface area (Å²) in [7, 11) is 0. The molecule has 0 amide bonds. The summed E-state index contributed by atoms with van der Waals surface area (Å²) in [5, 5.41) is 11.9. The van der Waals surface area contributed by atoms with E-state index in [0.29, 0.717) is 16.5 Å². The largest absolute Gasteiger partial charge is 0.361 e. The summed E-state index contributed by atoms with van der Waals surface area (Å²) in [6, 6.07) is 3.66. The van der Waals surface area contributed by atoms with Gasteiger partial charge in [0.05, 0.1) is 17.3 Å². The molecule has 0 unspecified atom stereocenters. The first-order chi connectivity index (χ1) is 14.6. The van der Waals surface area contributed by atoms with E-state index in [-0.39, 0.29) is 11.4 Å². The van der Waals surface area contributed by atoms with E-state index < -0.39 is 54.2 Å².